The zero-order valence-corrected chi connectivity index (χ0v) is 13.8. The molecule has 6 nitrogen and oxygen atoms in total. The van der Waals surface area contributed by atoms with Crippen LogP contribution in [0, 0.1) is 6.92 Å². The summed E-state index contributed by atoms with van der Waals surface area (Å²) in [6, 6.07) is 3.93. The minimum absolute atomic E-state index is 0.103. The molecule has 0 spiro atoms. The van der Waals surface area contributed by atoms with Crippen molar-refractivity contribution in [3.63, 3.8) is 0 Å². The van der Waals surface area contributed by atoms with Gasteiger partial charge < -0.3 is 5.32 Å². The van der Waals surface area contributed by atoms with E-state index in [-0.39, 0.29) is 9.62 Å². The van der Waals surface area contributed by atoms with E-state index in [0.29, 0.717) is 17.4 Å². The van der Waals surface area contributed by atoms with Gasteiger partial charge in [-0.25, -0.2) is 18.5 Å². The first-order chi connectivity index (χ1) is 9.70. The quantitative estimate of drug-likeness (QED) is 0.874. The monoisotopic (exact) mass is 326 g/mol. The number of anilines is 1. The van der Waals surface area contributed by atoms with E-state index in [1.165, 1.54) is 0 Å². The SMILES string of the molecule is Cc1nc(NCC(C)(C)c2ccncc2)sc1S(N)(=O)=O. The molecule has 0 unspecified atom stereocenters. The molecule has 0 saturated heterocycles. The molecule has 0 atom stereocenters. The number of nitrogens with zero attached hydrogens (tertiary/aromatic N) is 2. The third-order valence-electron chi connectivity index (χ3n) is 3.16. The Morgan fingerprint density at radius 3 is 2.48 bits per heavy atom. The van der Waals surface area contributed by atoms with Crippen LogP contribution in [0.2, 0.25) is 0 Å². The van der Waals surface area contributed by atoms with E-state index >= 15 is 0 Å². The Labute approximate surface area is 128 Å². The van der Waals surface area contributed by atoms with Crippen molar-refractivity contribution in [3.05, 3.63) is 35.8 Å². The van der Waals surface area contributed by atoms with Crippen LogP contribution in [0.5, 0.6) is 0 Å². The van der Waals surface area contributed by atoms with Crippen molar-refractivity contribution in [3.8, 4) is 0 Å². The number of pyridine rings is 1. The summed E-state index contributed by atoms with van der Waals surface area (Å²) in [6.45, 7) is 6.44. The van der Waals surface area contributed by atoms with Crippen LogP contribution in [0.4, 0.5) is 5.13 Å². The fourth-order valence-corrected chi connectivity index (χ4v) is 3.78. The van der Waals surface area contributed by atoms with Crippen molar-refractivity contribution in [1.29, 1.82) is 0 Å². The number of nitrogens with two attached hydrogens (primary N) is 1. The van der Waals surface area contributed by atoms with Gasteiger partial charge in [-0.3, -0.25) is 4.98 Å². The summed E-state index contributed by atoms with van der Waals surface area (Å²) in [6.07, 6.45) is 3.51. The molecule has 0 saturated carbocycles. The maximum Gasteiger partial charge on any atom is 0.249 e. The van der Waals surface area contributed by atoms with E-state index in [2.05, 4.69) is 29.1 Å². The highest BCUT2D eigenvalue weighted by Crippen LogP contribution is 2.28. The summed E-state index contributed by atoms with van der Waals surface area (Å²) in [7, 11) is -3.71. The average Bonchev–Trinajstić information content (AvgIpc) is 2.79. The number of aromatic nitrogens is 2. The van der Waals surface area contributed by atoms with Crippen LogP contribution < -0.4 is 10.5 Å². The molecule has 0 bridgehead atoms. The summed E-state index contributed by atoms with van der Waals surface area (Å²) in [5, 5.41) is 8.89. The minimum atomic E-state index is -3.71. The van der Waals surface area contributed by atoms with Gasteiger partial charge in [-0.1, -0.05) is 25.2 Å². The molecule has 2 rings (SSSR count). The van der Waals surface area contributed by atoms with Crippen LogP contribution in [0.1, 0.15) is 25.1 Å². The normalized spacial score (nSPS) is 12.4. The molecule has 0 fully saturated rings. The predicted molar refractivity (Wildman–Crippen MR) is 84.0 cm³/mol. The Morgan fingerprint density at radius 2 is 1.95 bits per heavy atom. The lowest BCUT2D eigenvalue weighted by Crippen LogP contribution is -2.27. The Hall–Kier alpha value is -1.51. The van der Waals surface area contributed by atoms with Crippen LogP contribution in [0.15, 0.2) is 28.7 Å². The minimum Gasteiger partial charge on any atom is -0.361 e. The molecule has 0 radical (unpaired) electrons. The van der Waals surface area contributed by atoms with E-state index in [4.69, 9.17) is 5.14 Å². The van der Waals surface area contributed by atoms with E-state index in [1.807, 2.05) is 12.1 Å². The van der Waals surface area contributed by atoms with Gasteiger partial charge in [-0.05, 0) is 24.6 Å². The second kappa shape index (κ2) is 5.70. The molecule has 2 aromatic rings. The van der Waals surface area contributed by atoms with Gasteiger partial charge in [0.2, 0.25) is 10.0 Å². The zero-order chi connectivity index (χ0) is 15.7. The van der Waals surface area contributed by atoms with Gasteiger partial charge in [0.05, 0.1) is 5.69 Å². The van der Waals surface area contributed by atoms with Crippen molar-refractivity contribution < 1.29 is 8.42 Å². The molecule has 0 amide bonds. The fourth-order valence-electron chi connectivity index (χ4n) is 1.92. The number of rotatable bonds is 5. The highest BCUT2D eigenvalue weighted by atomic mass is 32.2. The van der Waals surface area contributed by atoms with Crippen LogP contribution in [-0.2, 0) is 15.4 Å². The lowest BCUT2D eigenvalue weighted by molar-refractivity contribution is 0.556. The molecule has 0 aliphatic carbocycles. The van der Waals surface area contributed by atoms with E-state index in [9.17, 15) is 8.42 Å². The summed E-state index contributed by atoms with van der Waals surface area (Å²) >= 11 is 1.05. The van der Waals surface area contributed by atoms with Gasteiger partial charge in [0, 0.05) is 24.4 Å². The lowest BCUT2D eigenvalue weighted by Gasteiger charge is -2.25. The zero-order valence-electron chi connectivity index (χ0n) is 12.1. The summed E-state index contributed by atoms with van der Waals surface area (Å²) in [5.41, 5.74) is 1.43. The van der Waals surface area contributed by atoms with Gasteiger partial charge >= 0.3 is 0 Å². The molecular formula is C13H18N4O2S2. The molecule has 2 aromatic heterocycles. The van der Waals surface area contributed by atoms with Crippen LogP contribution in [0.3, 0.4) is 0 Å². The first-order valence-corrected chi connectivity index (χ1v) is 8.71. The van der Waals surface area contributed by atoms with Crippen LogP contribution >= 0.6 is 11.3 Å². The number of aryl methyl sites for hydroxylation is 1. The van der Waals surface area contributed by atoms with Crippen LogP contribution in [-0.4, -0.2) is 24.9 Å². The second-order valence-electron chi connectivity index (χ2n) is 5.41. The van der Waals surface area contributed by atoms with Crippen molar-refractivity contribution >= 4 is 26.5 Å². The first kappa shape index (κ1) is 15.9. The van der Waals surface area contributed by atoms with Crippen LogP contribution in [0.25, 0.3) is 0 Å². The molecule has 8 heteroatoms. The van der Waals surface area contributed by atoms with Gasteiger partial charge in [0.15, 0.2) is 9.34 Å². The van der Waals surface area contributed by atoms with E-state index in [1.54, 1.807) is 19.3 Å². The molecule has 3 N–H and O–H groups in total. The molecule has 0 aliphatic heterocycles. The smallest absolute Gasteiger partial charge is 0.249 e. The molecule has 21 heavy (non-hydrogen) atoms. The molecule has 0 aliphatic rings. The first-order valence-electron chi connectivity index (χ1n) is 6.35. The molecule has 2 heterocycles. The van der Waals surface area contributed by atoms with Gasteiger partial charge in [0.1, 0.15) is 0 Å². The number of thiazole rings is 1. The van der Waals surface area contributed by atoms with E-state index < -0.39 is 10.0 Å². The number of sulfonamides is 1. The maximum absolute atomic E-state index is 11.4. The third kappa shape index (κ3) is 3.78. The van der Waals surface area contributed by atoms with Crippen molar-refractivity contribution in [2.24, 2.45) is 5.14 Å². The number of hydrogen-bond acceptors (Lipinski definition) is 6. The number of primary sulfonamides is 1. The number of hydrogen-bond donors (Lipinski definition) is 2. The summed E-state index contributed by atoms with van der Waals surface area (Å²) < 4.78 is 22.9. The summed E-state index contributed by atoms with van der Waals surface area (Å²) in [5.74, 6) is 0. The van der Waals surface area contributed by atoms with Crippen molar-refractivity contribution in [1.82, 2.24) is 9.97 Å². The largest absolute Gasteiger partial charge is 0.361 e. The second-order valence-corrected chi connectivity index (χ2v) is 8.17. The standard InChI is InChI=1S/C13H18N4O2S2/c1-9-11(21(14,18)19)20-12(17-9)16-8-13(2,3)10-4-6-15-7-5-10/h4-7H,8H2,1-3H3,(H,16,17)(H2,14,18,19). The highest BCUT2D eigenvalue weighted by molar-refractivity contribution is 7.91. The topological polar surface area (TPSA) is 98.0 Å². The maximum atomic E-state index is 11.4. The Balaban J connectivity index is 2.14. The molecular weight excluding hydrogens is 308 g/mol. The molecule has 0 aromatic carbocycles. The van der Waals surface area contributed by atoms with E-state index in [0.717, 1.165) is 16.9 Å². The third-order valence-corrected chi connectivity index (χ3v) is 5.82. The van der Waals surface area contributed by atoms with Gasteiger partial charge in [0.25, 0.3) is 0 Å². The predicted octanol–water partition coefficient (Wildman–Crippen LogP) is 1.88. The Bertz CT molecular complexity index is 724. The highest BCUT2D eigenvalue weighted by Gasteiger charge is 2.22. The number of nitrogens with one attached hydrogen (secondary N) is 1. The van der Waals surface area contributed by atoms with Gasteiger partial charge in [-0.2, -0.15) is 0 Å². The Kier molecular flexibility index (Phi) is 4.31. The van der Waals surface area contributed by atoms with Crippen molar-refractivity contribution in [2.45, 2.75) is 30.4 Å². The lowest BCUT2D eigenvalue weighted by atomic mass is 9.85. The Morgan fingerprint density at radius 1 is 1.33 bits per heavy atom. The molecule has 114 valence electrons. The van der Waals surface area contributed by atoms with Crippen molar-refractivity contribution in [2.75, 3.05) is 11.9 Å². The summed E-state index contributed by atoms with van der Waals surface area (Å²) in [4.78, 5) is 8.22. The van der Waals surface area contributed by atoms with Gasteiger partial charge in [-0.15, -0.1) is 0 Å². The fraction of sp³-hybridized carbons (Fsp3) is 0.385. The average molecular weight is 326 g/mol.